The molecule has 0 atom stereocenters. The molecule has 3 rings (SSSR count). The largest absolute Gasteiger partial charge is 0.372 e. The fourth-order valence-electron chi connectivity index (χ4n) is 3.59. The minimum atomic E-state index is -0.308. The molecule has 0 aromatic heterocycles. The summed E-state index contributed by atoms with van der Waals surface area (Å²) in [6, 6.07) is 15.1. The number of halogens is 1. The molecule has 0 bridgehead atoms. The van der Waals surface area contributed by atoms with Crippen LogP contribution in [0.2, 0.25) is 0 Å². The Balaban J connectivity index is 1.55. The number of carbonyl (C=O) groups excluding carboxylic acids is 1. The monoisotopic (exact) mass is 369 g/mol. The van der Waals surface area contributed by atoms with Gasteiger partial charge in [0.2, 0.25) is 5.91 Å². The van der Waals surface area contributed by atoms with Gasteiger partial charge in [-0.05, 0) is 49.7 Å². The van der Waals surface area contributed by atoms with E-state index in [1.54, 1.807) is 18.2 Å². The number of anilines is 2. The molecule has 1 fully saturated rings. The maximum atomic E-state index is 13.8. The van der Waals surface area contributed by atoms with Gasteiger partial charge in [0.05, 0.1) is 6.42 Å². The Bertz CT molecular complexity index is 750. The van der Waals surface area contributed by atoms with E-state index < -0.39 is 0 Å². The average molecular weight is 369 g/mol. The van der Waals surface area contributed by atoms with Gasteiger partial charge in [-0.15, -0.1) is 0 Å². The van der Waals surface area contributed by atoms with E-state index in [2.05, 4.69) is 47.9 Å². The van der Waals surface area contributed by atoms with Crippen molar-refractivity contribution in [3.8, 4) is 0 Å². The van der Waals surface area contributed by atoms with Crippen LogP contribution in [0.4, 0.5) is 15.8 Å². The highest BCUT2D eigenvalue weighted by Gasteiger charge is 2.22. The van der Waals surface area contributed by atoms with Crippen LogP contribution in [0.1, 0.15) is 19.4 Å². The van der Waals surface area contributed by atoms with E-state index in [0.29, 0.717) is 18.7 Å². The van der Waals surface area contributed by atoms with Crippen LogP contribution in [0.5, 0.6) is 0 Å². The third kappa shape index (κ3) is 4.59. The van der Waals surface area contributed by atoms with Gasteiger partial charge in [-0.2, -0.15) is 0 Å². The fourth-order valence-corrected chi connectivity index (χ4v) is 3.59. The van der Waals surface area contributed by atoms with Crippen LogP contribution in [0, 0.1) is 5.82 Å². The first-order chi connectivity index (χ1) is 13.1. The average Bonchev–Trinajstić information content (AvgIpc) is 2.71. The molecular formula is C22H28FN3O. The molecule has 0 spiro atoms. The summed E-state index contributed by atoms with van der Waals surface area (Å²) in [6.45, 7) is 9.26. The number of hydrogen-bond acceptors (Lipinski definition) is 3. The SMILES string of the molecule is CCN(CC)c1ccc(N2CCN(C(=O)Cc3ccccc3F)CC2)cc1. The van der Waals surface area contributed by atoms with Crippen LogP contribution in [0.3, 0.4) is 0 Å². The summed E-state index contributed by atoms with van der Waals surface area (Å²) in [5, 5.41) is 0. The standard InChI is InChI=1S/C22H28FN3O/c1-3-24(4-2)19-9-11-20(12-10-19)25-13-15-26(16-14-25)22(27)17-18-7-5-6-8-21(18)23/h5-12H,3-4,13-17H2,1-2H3. The first kappa shape index (κ1) is 19.2. The summed E-state index contributed by atoms with van der Waals surface area (Å²) in [7, 11) is 0. The van der Waals surface area contributed by atoms with Gasteiger partial charge in [0.25, 0.3) is 0 Å². The molecule has 0 unspecified atom stereocenters. The smallest absolute Gasteiger partial charge is 0.227 e. The normalized spacial score (nSPS) is 14.3. The topological polar surface area (TPSA) is 26.8 Å². The van der Waals surface area contributed by atoms with Crippen molar-refractivity contribution in [3.63, 3.8) is 0 Å². The van der Waals surface area contributed by atoms with Gasteiger partial charge in [-0.3, -0.25) is 4.79 Å². The van der Waals surface area contributed by atoms with Crippen LogP contribution in [-0.2, 0) is 11.2 Å². The number of carbonyl (C=O) groups is 1. The second kappa shape index (κ2) is 8.89. The summed E-state index contributed by atoms with van der Waals surface area (Å²) >= 11 is 0. The van der Waals surface area contributed by atoms with E-state index in [1.807, 2.05) is 4.90 Å². The zero-order chi connectivity index (χ0) is 19.2. The fraction of sp³-hybridized carbons (Fsp3) is 0.409. The Morgan fingerprint density at radius 3 is 2.19 bits per heavy atom. The van der Waals surface area contributed by atoms with Gasteiger partial charge in [0, 0.05) is 50.6 Å². The molecule has 1 saturated heterocycles. The Morgan fingerprint density at radius 2 is 1.59 bits per heavy atom. The lowest BCUT2D eigenvalue weighted by Gasteiger charge is -2.36. The summed E-state index contributed by atoms with van der Waals surface area (Å²) in [5.41, 5.74) is 2.89. The van der Waals surface area contributed by atoms with Crippen molar-refractivity contribution >= 4 is 17.3 Å². The van der Waals surface area contributed by atoms with Crippen molar-refractivity contribution in [2.75, 3.05) is 49.1 Å². The number of piperazine rings is 1. The van der Waals surface area contributed by atoms with Crippen molar-refractivity contribution in [2.24, 2.45) is 0 Å². The lowest BCUT2D eigenvalue weighted by molar-refractivity contribution is -0.130. The third-order valence-electron chi connectivity index (χ3n) is 5.28. The molecule has 2 aromatic rings. The van der Waals surface area contributed by atoms with Crippen LogP contribution in [-0.4, -0.2) is 50.1 Å². The molecule has 1 aliphatic heterocycles. The number of benzene rings is 2. The summed E-state index contributed by atoms with van der Waals surface area (Å²) in [6.07, 6.45) is 0.130. The molecule has 1 heterocycles. The maximum absolute atomic E-state index is 13.8. The molecule has 144 valence electrons. The van der Waals surface area contributed by atoms with Crippen molar-refractivity contribution in [3.05, 3.63) is 59.9 Å². The van der Waals surface area contributed by atoms with Gasteiger partial charge in [0.1, 0.15) is 5.82 Å². The first-order valence-corrected chi connectivity index (χ1v) is 9.73. The van der Waals surface area contributed by atoms with E-state index in [4.69, 9.17) is 0 Å². The molecule has 0 radical (unpaired) electrons. The molecule has 4 nitrogen and oxygen atoms in total. The lowest BCUT2D eigenvalue weighted by atomic mass is 10.1. The van der Waals surface area contributed by atoms with E-state index in [1.165, 1.54) is 17.4 Å². The molecular weight excluding hydrogens is 341 g/mol. The van der Waals surface area contributed by atoms with E-state index in [-0.39, 0.29) is 18.1 Å². The zero-order valence-electron chi connectivity index (χ0n) is 16.2. The zero-order valence-corrected chi connectivity index (χ0v) is 16.2. The Kier molecular flexibility index (Phi) is 6.32. The van der Waals surface area contributed by atoms with E-state index in [0.717, 1.165) is 26.2 Å². The summed E-state index contributed by atoms with van der Waals surface area (Å²) in [4.78, 5) is 19.0. The first-order valence-electron chi connectivity index (χ1n) is 9.73. The molecule has 2 aromatic carbocycles. The lowest BCUT2D eigenvalue weighted by Crippen LogP contribution is -2.49. The second-order valence-corrected chi connectivity index (χ2v) is 6.82. The van der Waals surface area contributed by atoms with Crippen molar-refractivity contribution in [2.45, 2.75) is 20.3 Å². The number of hydrogen-bond donors (Lipinski definition) is 0. The molecule has 0 N–H and O–H groups in total. The number of rotatable bonds is 6. The minimum Gasteiger partial charge on any atom is -0.372 e. The number of nitrogens with zero attached hydrogens (tertiary/aromatic N) is 3. The van der Waals surface area contributed by atoms with Crippen LogP contribution >= 0.6 is 0 Å². The highest BCUT2D eigenvalue weighted by atomic mass is 19.1. The number of amides is 1. The van der Waals surface area contributed by atoms with Gasteiger partial charge >= 0.3 is 0 Å². The minimum absolute atomic E-state index is 0.00312. The van der Waals surface area contributed by atoms with Crippen LogP contribution in [0.15, 0.2) is 48.5 Å². The van der Waals surface area contributed by atoms with Crippen molar-refractivity contribution < 1.29 is 9.18 Å². The Labute approximate surface area is 161 Å². The molecule has 1 aliphatic rings. The summed E-state index contributed by atoms with van der Waals surface area (Å²) < 4.78 is 13.8. The van der Waals surface area contributed by atoms with Gasteiger partial charge in [-0.25, -0.2) is 4.39 Å². The van der Waals surface area contributed by atoms with Crippen molar-refractivity contribution in [1.29, 1.82) is 0 Å². The van der Waals surface area contributed by atoms with Crippen LogP contribution < -0.4 is 9.80 Å². The van der Waals surface area contributed by atoms with E-state index in [9.17, 15) is 9.18 Å². The highest BCUT2D eigenvalue weighted by molar-refractivity contribution is 5.79. The second-order valence-electron chi connectivity index (χ2n) is 6.82. The van der Waals surface area contributed by atoms with Gasteiger partial charge in [0.15, 0.2) is 0 Å². The predicted molar refractivity (Wildman–Crippen MR) is 109 cm³/mol. The third-order valence-corrected chi connectivity index (χ3v) is 5.28. The molecule has 0 saturated carbocycles. The van der Waals surface area contributed by atoms with Crippen LogP contribution in [0.25, 0.3) is 0 Å². The molecule has 1 amide bonds. The molecule has 5 heteroatoms. The van der Waals surface area contributed by atoms with E-state index >= 15 is 0 Å². The highest BCUT2D eigenvalue weighted by Crippen LogP contribution is 2.22. The van der Waals surface area contributed by atoms with Gasteiger partial charge < -0.3 is 14.7 Å². The summed E-state index contributed by atoms with van der Waals surface area (Å²) in [5.74, 6) is -0.311. The predicted octanol–water partition coefficient (Wildman–Crippen LogP) is 3.56. The Morgan fingerprint density at radius 1 is 0.963 bits per heavy atom. The maximum Gasteiger partial charge on any atom is 0.227 e. The van der Waals surface area contributed by atoms with Gasteiger partial charge in [-0.1, -0.05) is 18.2 Å². The van der Waals surface area contributed by atoms with Crippen molar-refractivity contribution in [1.82, 2.24) is 4.90 Å². The molecule has 27 heavy (non-hydrogen) atoms. The molecule has 0 aliphatic carbocycles. The quantitative estimate of drug-likeness (QED) is 0.779. The Hall–Kier alpha value is -2.56.